The molecule has 0 bridgehead atoms. The highest BCUT2D eigenvalue weighted by Gasteiger charge is 2.16. The average Bonchev–Trinajstić information content (AvgIpc) is 2.65. The van der Waals surface area contributed by atoms with Gasteiger partial charge in [0.25, 0.3) is 5.91 Å². The van der Waals surface area contributed by atoms with Gasteiger partial charge in [0.15, 0.2) is 17.6 Å². The summed E-state index contributed by atoms with van der Waals surface area (Å²) in [7, 11) is 0. The Balaban J connectivity index is 1.97. The van der Waals surface area contributed by atoms with Crippen LogP contribution in [-0.4, -0.2) is 25.2 Å². The van der Waals surface area contributed by atoms with Crippen LogP contribution in [0.5, 0.6) is 17.2 Å². The van der Waals surface area contributed by atoms with Crippen LogP contribution in [0.1, 0.15) is 37.5 Å². The Kier molecular flexibility index (Phi) is 7.53. The minimum Gasteiger partial charge on any atom is -0.490 e. The van der Waals surface area contributed by atoms with Gasteiger partial charge in [-0.2, -0.15) is 0 Å². The zero-order chi connectivity index (χ0) is 19.8. The number of amides is 1. The second-order valence-electron chi connectivity index (χ2n) is 6.39. The molecule has 0 aliphatic heterocycles. The van der Waals surface area contributed by atoms with E-state index in [4.69, 9.17) is 14.2 Å². The van der Waals surface area contributed by atoms with Crippen LogP contribution < -0.4 is 19.5 Å². The molecule has 146 valence electrons. The normalized spacial score (nSPS) is 11.6. The lowest BCUT2D eigenvalue weighted by Gasteiger charge is -2.17. The van der Waals surface area contributed by atoms with Crippen molar-refractivity contribution < 1.29 is 19.0 Å². The second-order valence-corrected chi connectivity index (χ2v) is 6.39. The molecule has 0 aliphatic rings. The van der Waals surface area contributed by atoms with Crippen molar-refractivity contribution in [2.75, 3.05) is 13.2 Å². The minimum absolute atomic E-state index is 0.164. The van der Waals surface area contributed by atoms with E-state index in [0.29, 0.717) is 31.3 Å². The van der Waals surface area contributed by atoms with Gasteiger partial charge in [-0.3, -0.25) is 4.79 Å². The molecule has 0 fully saturated rings. The van der Waals surface area contributed by atoms with Crippen molar-refractivity contribution in [3.63, 3.8) is 0 Å². The van der Waals surface area contributed by atoms with Crippen LogP contribution in [0, 0.1) is 13.8 Å². The zero-order valence-corrected chi connectivity index (χ0v) is 16.8. The number of rotatable bonds is 9. The molecule has 2 rings (SSSR count). The standard InChI is InChI=1S/C22H29NO4/c1-6-25-19-11-10-18(13-21(19)26-7-2)14-23-22(24)17(5)27-20-12-15(3)8-9-16(20)4/h8-13,17H,6-7,14H2,1-5H3,(H,23,24)/t17-/m1/s1. The molecule has 2 aromatic rings. The molecule has 0 radical (unpaired) electrons. The third-order valence-corrected chi connectivity index (χ3v) is 4.09. The maximum atomic E-state index is 12.4. The molecule has 0 spiro atoms. The van der Waals surface area contributed by atoms with E-state index in [9.17, 15) is 4.79 Å². The first-order valence-electron chi connectivity index (χ1n) is 9.34. The molecular weight excluding hydrogens is 342 g/mol. The highest BCUT2D eigenvalue weighted by molar-refractivity contribution is 5.80. The summed E-state index contributed by atoms with van der Waals surface area (Å²) < 4.78 is 17.0. The van der Waals surface area contributed by atoms with E-state index in [2.05, 4.69) is 5.32 Å². The van der Waals surface area contributed by atoms with Crippen molar-refractivity contribution in [1.29, 1.82) is 0 Å². The molecule has 0 heterocycles. The Bertz CT molecular complexity index is 773. The number of benzene rings is 2. The Labute approximate surface area is 161 Å². The molecule has 5 nitrogen and oxygen atoms in total. The first-order valence-corrected chi connectivity index (χ1v) is 9.34. The van der Waals surface area contributed by atoms with Crippen LogP contribution in [0.4, 0.5) is 0 Å². The molecule has 27 heavy (non-hydrogen) atoms. The third kappa shape index (κ3) is 5.91. The molecule has 5 heteroatoms. The van der Waals surface area contributed by atoms with Crippen LogP contribution in [-0.2, 0) is 11.3 Å². The number of carbonyl (C=O) groups is 1. The van der Waals surface area contributed by atoms with Gasteiger partial charge in [-0.25, -0.2) is 0 Å². The topological polar surface area (TPSA) is 56.8 Å². The molecule has 1 N–H and O–H groups in total. The molecular formula is C22H29NO4. The van der Waals surface area contributed by atoms with Crippen molar-refractivity contribution in [2.24, 2.45) is 0 Å². The van der Waals surface area contributed by atoms with E-state index in [1.807, 2.05) is 64.1 Å². The van der Waals surface area contributed by atoms with Gasteiger partial charge in [-0.1, -0.05) is 18.2 Å². The van der Waals surface area contributed by atoms with Gasteiger partial charge in [0.05, 0.1) is 13.2 Å². The fraction of sp³-hybridized carbons (Fsp3) is 0.409. The number of carbonyl (C=O) groups excluding carboxylic acids is 1. The molecule has 1 amide bonds. The van der Waals surface area contributed by atoms with E-state index in [0.717, 1.165) is 22.4 Å². The summed E-state index contributed by atoms with van der Waals surface area (Å²) in [6.45, 7) is 11.1. The molecule has 0 aliphatic carbocycles. The smallest absolute Gasteiger partial charge is 0.261 e. The van der Waals surface area contributed by atoms with Crippen LogP contribution in [0.15, 0.2) is 36.4 Å². The fourth-order valence-electron chi connectivity index (χ4n) is 2.62. The van der Waals surface area contributed by atoms with Crippen LogP contribution in [0.3, 0.4) is 0 Å². The molecule has 0 unspecified atom stereocenters. The van der Waals surface area contributed by atoms with E-state index in [1.54, 1.807) is 6.92 Å². The lowest BCUT2D eigenvalue weighted by Crippen LogP contribution is -2.36. The fourth-order valence-corrected chi connectivity index (χ4v) is 2.62. The molecule has 0 saturated heterocycles. The predicted molar refractivity (Wildman–Crippen MR) is 107 cm³/mol. The highest BCUT2D eigenvalue weighted by atomic mass is 16.5. The van der Waals surface area contributed by atoms with Gasteiger partial charge in [0.1, 0.15) is 5.75 Å². The predicted octanol–water partition coefficient (Wildman–Crippen LogP) is 4.18. The molecule has 1 atom stereocenters. The molecule has 0 saturated carbocycles. The van der Waals surface area contributed by atoms with E-state index in [1.165, 1.54) is 0 Å². The van der Waals surface area contributed by atoms with Crippen LogP contribution in [0.2, 0.25) is 0 Å². The lowest BCUT2D eigenvalue weighted by molar-refractivity contribution is -0.127. The third-order valence-electron chi connectivity index (χ3n) is 4.09. The van der Waals surface area contributed by atoms with Crippen molar-refractivity contribution in [1.82, 2.24) is 5.32 Å². The minimum atomic E-state index is -0.584. The summed E-state index contributed by atoms with van der Waals surface area (Å²) in [5.41, 5.74) is 3.04. The summed E-state index contributed by atoms with van der Waals surface area (Å²) >= 11 is 0. The van der Waals surface area contributed by atoms with E-state index in [-0.39, 0.29) is 5.91 Å². The number of ether oxygens (including phenoxy) is 3. The number of hydrogen-bond donors (Lipinski definition) is 1. The Morgan fingerprint density at radius 3 is 2.37 bits per heavy atom. The SMILES string of the molecule is CCOc1ccc(CNC(=O)[C@@H](C)Oc2cc(C)ccc2C)cc1OCC. The summed E-state index contributed by atoms with van der Waals surface area (Å²) in [5.74, 6) is 1.96. The zero-order valence-electron chi connectivity index (χ0n) is 16.8. The van der Waals surface area contributed by atoms with Gasteiger partial charge in [0, 0.05) is 6.54 Å². The van der Waals surface area contributed by atoms with Crippen molar-refractivity contribution in [3.05, 3.63) is 53.1 Å². The van der Waals surface area contributed by atoms with Gasteiger partial charge >= 0.3 is 0 Å². The van der Waals surface area contributed by atoms with Crippen molar-refractivity contribution in [2.45, 2.75) is 47.3 Å². The first kappa shape index (κ1) is 20.6. The van der Waals surface area contributed by atoms with E-state index < -0.39 is 6.10 Å². The summed E-state index contributed by atoms with van der Waals surface area (Å²) in [4.78, 5) is 12.4. The maximum Gasteiger partial charge on any atom is 0.261 e. The van der Waals surface area contributed by atoms with Crippen LogP contribution in [0.25, 0.3) is 0 Å². The summed E-state index contributed by atoms with van der Waals surface area (Å²) in [5, 5.41) is 2.91. The van der Waals surface area contributed by atoms with Gasteiger partial charge in [-0.05, 0) is 69.5 Å². The number of nitrogens with one attached hydrogen (secondary N) is 1. The van der Waals surface area contributed by atoms with Crippen LogP contribution >= 0.6 is 0 Å². The van der Waals surface area contributed by atoms with E-state index >= 15 is 0 Å². The second kappa shape index (κ2) is 9.86. The maximum absolute atomic E-state index is 12.4. The van der Waals surface area contributed by atoms with Crippen molar-refractivity contribution in [3.8, 4) is 17.2 Å². The van der Waals surface area contributed by atoms with Gasteiger partial charge in [-0.15, -0.1) is 0 Å². The quantitative estimate of drug-likeness (QED) is 0.718. The summed E-state index contributed by atoms with van der Waals surface area (Å²) in [6.07, 6.45) is -0.584. The molecule has 2 aromatic carbocycles. The first-order chi connectivity index (χ1) is 12.9. The Morgan fingerprint density at radius 2 is 1.67 bits per heavy atom. The van der Waals surface area contributed by atoms with Gasteiger partial charge in [0.2, 0.25) is 0 Å². The highest BCUT2D eigenvalue weighted by Crippen LogP contribution is 2.28. The number of aryl methyl sites for hydroxylation is 2. The Morgan fingerprint density at radius 1 is 0.963 bits per heavy atom. The summed E-state index contributed by atoms with van der Waals surface area (Å²) in [6, 6.07) is 11.6. The average molecular weight is 371 g/mol. The largest absolute Gasteiger partial charge is 0.490 e. The monoisotopic (exact) mass is 371 g/mol. The lowest BCUT2D eigenvalue weighted by atomic mass is 10.1. The van der Waals surface area contributed by atoms with Gasteiger partial charge < -0.3 is 19.5 Å². The number of hydrogen-bond acceptors (Lipinski definition) is 4. The Hall–Kier alpha value is -2.69. The van der Waals surface area contributed by atoms with Crippen molar-refractivity contribution >= 4 is 5.91 Å². The molecule has 0 aromatic heterocycles.